The van der Waals surface area contributed by atoms with Gasteiger partial charge in [0.15, 0.2) is 0 Å². The van der Waals surface area contributed by atoms with Crippen LogP contribution in [0.3, 0.4) is 0 Å². The Hall–Kier alpha value is -2.08. The summed E-state index contributed by atoms with van der Waals surface area (Å²) in [5, 5.41) is 8.39. The summed E-state index contributed by atoms with van der Waals surface area (Å²) in [5.74, 6) is -0.0521. The molecule has 5 N–H and O–H groups in total. The summed E-state index contributed by atoms with van der Waals surface area (Å²) in [6, 6.07) is 6.51. The van der Waals surface area contributed by atoms with Gasteiger partial charge in [-0.25, -0.2) is 4.79 Å². The van der Waals surface area contributed by atoms with Crippen LogP contribution in [0, 0.1) is 0 Å². The second-order valence-corrected chi connectivity index (χ2v) is 4.47. The molecule has 0 saturated carbocycles. The van der Waals surface area contributed by atoms with E-state index in [1.54, 1.807) is 24.3 Å². The quantitative estimate of drug-likeness (QED) is 0.627. The van der Waals surface area contributed by atoms with Gasteiger partial charge in [0.05, 0.1) is 0 Å². The minimum atomic E-state index is -0.614. The van der Waals surface area contributed by atoms with Crippen molar-refractivity contribution in [2.24, 2.45) is 5.73 Å². The van der Waals surface area contributed by atoms with Gasteiger partial charge in [0, 0.05) is 30.4 Å². The first-order valence-corrected chi connectivity index (χ1v) is 6.17. The molecule has 0 spiro atoms. The van der Waals surface area contributed by atoms with Crippen molar-refractivity contribution in [1.29, 1.82) is 0 Å². The molecule has 1 rings (SSSR count). The Labute approximate surface area is 112 Å². The van der Waals surface area contributed by atoms with E-state index in [-0.39, 0.29) is 5.91 Å². The summed E-state index contributed by atoms with van der Waals surface area (Å²) < 4.78 is 0. The number of hydrogen-bond donors (Lipinski definition) is 4. The summed E-state index contributed by atoms with van der Waals surface area (Å²) in [6.07, 6.45) is 0.416. The molecule has 19 heavy (non-hydrogen) atoms. The van der Waals surface area contributed by atoms with Crippen molar-refractivity contribution in [3.8, 4) is 0 Å². The predicted octanol–water partition coefficient (Wildman–Crippen LogP) is 1.50. The Morgan fingerprint density at radius 1 is 1.11 bits per heavy atom. The average molecular weight is 264 g/mol. The van der Waals surface area contributed by atoms with Crippen LogP contribution in [0.25, 0.3) is 0 Å². The van der Waals surface area contributed by atoms with Crippen molar-refractivity contribution in [3.63, 3.8) is 0 Å². The zero-order valence-corrected chi connectivity index (χ0v) is 11.2. The number of carbonyl (C=O) groups is 2. The fourth-order valence-corrected chi connectivity index (χ4v) is 1.48. The number of primary amides is 1. The molecule has 104 valence electrons. The smallest absolute Gasteiger partial charge is 0.316 e. The maximum atomic E-state index is 11.6. The van der Waals surface area contributed by atoms with Gasteiger partial charge in [-0.1, -0.05) is 13.8 Å². The molecule has 1 aromatic rings. The maximum Gasteiger partial charge on any atom is 0.316 e. The fraction of sp³-hybridized carbons (Fsp3) is 0.385. The van der Waals surface area contributed by atoms with Crippen molar-refractivity contribution in [2.75, 3.05) is 17.2 Å². The topological polar surface area (TPSA) is 96.2 Å². The molecule has 0 aromatic heterocycles. The minimum Gasteiger partial charge on any atom is -0.351 e. The van der Waals surface area contributed by atoms with E-state index >= 15 is 0 Å². The van der Waals surface area contributed by atoms with Crippen LogP contribution in [-0.4, -0.2) is 24.5 Å². The van der Waals surface area contributed by atoms with Gasteiger partial charge in [0.1, 0.15) is 0 Å². The summed E-state index contributed by atoms with van der Waals surface area (Å²) in [5.41, 5.74) is 6.27. The molecule has 0 aliphatic heterocycles. The molecule has 6 nitrogen and oxygen atoms in total. The maximum absolute atomic E-state index is 11.6. The molecule has 0 atom stereocenters. The standard InChI is InChI=1S/C13H20N4O2/c1-9(2)15-8-7-12(18)16-10-3-5-11(6-4-10)17-13(14)19/h3-6,9,15H,7-8H2,1-2H3,(H,16,18)(H3,14,17,19). The molecule has 0 fully saturated rings. The highest BCUT2D eigenvalue weighted by atomic mass is 16.2. The number of amides is 3. The first-order valence-electron chi connectivity index (χ1n) is 6.17. The normalized spacial score (nSPS) is 10.3. The van der Waals surface area contributed by atoms with Crippen LogP contribution in [0.15, 0.2) is 24.3 Å². The zero-order chi connectivity index (χ0) is 14.3. The Balaban J connectivity index is 2.40. The summed E-state index contributed by atoms with van der Waals surface area (Å²) in [7, 11) is 0. The van der Waals surface area contributed by atoms with Gasteiger partial charge in [0.25, 0.3) is 0 Å². The van der Waals surface area contributed by atoms with E-state index in [4.69, 9.17) is 5.73 Å². The summed E-state index contributed by atoms with van der Waals surface area (Å²) in [4.78, 5) is 22.3. The molecule has 6 heteroatoms. The third-order valence-electron chi connectivity index (χ3n) is 2.34. The monoisotopic (exact) mass is 264 g/mol. The minimum absolute atomic E-state index is 0.0521. The number of nitrogens with two attached hydrogens (primary N) is 1. The van der Waals surface area contributed by atoms with Crippen LogP contribution in [0.1, 0.15) is 20.3 Å². The number of hydrogen-bond acceptors (Lipinski definition) is 3. The van der Waals surface area contributed by atoms with E-state index < -0.39 is 6.03 Å². The highest BCUT2D eigenvalue weighted by Crippen LogP contribution is 2.13. The van der Waals surface area contributed by atoms with Crippen LogP contribution in [0.5, 0.6) is 0 Å². The van der Waals surface area contributed by atoms with E-state index in [1.165, 1.54) is 0 Å². The molecular weight excluding hydrogens is 244 g/mol. The number of anilines is 2. The van der Waals surface area contributed by atoms with Crippen molar-refractivity contribution >= 4 is 23.3 Å². The van der Waals surface area contributed by atoms with Crippen molar-refractivity contribution in [3.05, 3.63) is 24.3 Å². The highest BCUT2D eigenvalue weighted by molar-refractivity contribution is 5.92. The zero-order valence-electron chi connectivity index (χ0n) is 11.2. The van der Waals surface area contributed by atoms with Crippen LogP contribution >= 0.6 is 0 Å². The van der Waals surface area contributed by atoms with Gasteiger partial charge in [-0.2, -0.15) is 0 Å². The number of nitrogens with one attached hydrogen (secondary N) is 3. The second kappa shape index (κ2) is 7.38. The van der Waals surface area contributed by atoms with Crippen molar-refractivity contribution < 1.29 is 9.59 Å². The highest BCUT2D eigenvalue weighted by Gasteiger charge is 2.03. The Morgan fingerprint density at radius 3 is 2.11 bits per heavy atom. The van der Waals surface area contributed by atoms with Crippen LogP contribution in [0.2, 0.25) is 0 Å². The van der Waals surface area contributed by atoms with Crippen molar-refractivity contribution in [2.45, 2.75) is 26.3 Å². The van der Waals surface area contributed by atoms with Crippen molar-refractivity contribution in [1.82, 2.24) is 5.32 Å². The number of carbonyl (C=O) groups excluding carboxylic acids is 2. The molecular formula is C13H20N4O2. The second-order valence-electron chi connectivity index (χ2n) is 4.47. The first-order chi connectivity index (χ1) is 8.97. The van der Waals surface area contributed by atoms with Gasteiger partial charge in [-0.05, 0) is 24.3 Å². The Kier molecular flexibility index (Phi) is 5.81. The largest absolute Gasteiger partial charge is 0.351 e. The number of rotatable bonds is 6. The lowest BCUT2D eigenvalue weighted by molar-refractivity contribution is -0.116. The Morgan fingerprint density at radius 2 is 1.63 bits per heavy atom. The van der Waals surface area contributed by atoms with E-state index in [0.717, 1.165) is 0 Å². The molecule has 0 bridgehead atoms. The lowest BCUT2D eigenvalue weighted by Gasteiger charge is -2.09. The Bertz CT molecular complexity index is 429. The summed E-state index contributed by atoms with van der Waals surface area (Å²) >= 11 is 0. The predicted molar refractivity (Wildman–Crippen MR) is 76.0 cm³/mol. The molecule has 0 unspecified atom stereocenters. The number of urea groups is 1. The van der Waals surface area contributed by atoms with Gasteiger partial charge in [0.2, 0.25) is 5.91 Å². The van der Waals surface area contributed by atoms with E-state index in [0.29, 0.717) is 30.4 Å². The van der Waals surface area contributed by atoms with Gasteiger partial charge in [-0.3, -0.25) is 4.79 Å². The number of benzene rings is 1. The molecule has 0 aliphatic carbocycles. The van der Waals surface area contributed by atoms with E-state index in [2.05, 4.69) is 16.0 Å². The fourth-order valence-electron chi connectivity index (χ4n) is 1.48. The molecule has 0 saturated heterocycles. The third-order valence-corrected chi connectivity index (χ3v) is 2.34. The first kappa shape index (κ1) is 15.0. The van der Waals surface area contributed by atoms with Crippen LogP contribution < -0.4 is 21.7 Å². The molecule has 1 aromatic carbocycles. The average Bonchev–Trinajstić information content (AvgIpc) is 2.30. The summed E-state index contributed by atoms with van der Waals surface area (Å²) in [6.45, 7) is 4.70. The van der Waals surface area contributed by atoms with Crippen LogP contribution in [-0.2, 0) is 4.79 Å². The lowest BCUT2D eigenvalue weighted by atomic mass is 10.2. The van der Waals surface area contributed by atoms with E-state index in [9.17, 15) is 9.59 Å². The molecule has 0 heterocycles. The lowest BCUT2D eigenvalue weighted by Crippen LogP contribution is -2.27. The van der Waals surface area contributed by atoms with E-state index in [1.807, 2.05) is 13.8 Å². The molecule has 0 radical (unpaired) electrons. The molecule has 0 aliphatic rings. The van der Waals surface area contributed by atoms with Gasteiger partial charge >= 0.3 is 6.03 Å². The third kappa shape index (κ3) is 6.42. The van der Waals surface area contributed by atoms with Gasteiger partial charge < -0.3 is 21.7 Å². The SMILES string of the molecule is CC(C)NCCC(=O)Nc1ccc(NC(N)=O)cc1. The van der Waals surface area contributed by atoms with Crippen LogP contribution in [0.4, 0.5) is 16.2 Å². The van der Waals surface area contributed by atoms with Gasteiger partial charge in [-0.15, -0.1) is 0 Å². The molecule has 3 amide bonds.